The average Bonchev–Trinajstić information content (AvgIpc) is 2.43. The molecular formula is C15H11BrClIO2. The molecule has 0 aliphatic heterocycles. The Balaban J connectivity index is 2.38. The number of carbonyl (C=O) groups excluding carboxylic acids is 1. The van der Waals surface area contributed by atoms with Gasteiger partial charge in [0.25, 0.3) is 0 Å². The Labute approximate surface area is 144 Å². The molecule has 0 atom stereocenters. The summed E-state index contributed by atoms with van der Waals surface area (Å²) in [5, 5.41) is 0.554. The highest BCUT2D eigenvalue weighted by molar-refractivity contribution is 14.1. The molecule has 0 saturated carbocycles. The van der Waals surface area contributed by atoms with Crippen molar-refractivity contribution in [3.8, 4) is 5.75 Å². The van der Waals surface area contributed by atoms with Gasteiger partial charge in [0.05, 0.1) is 11.1 Å². The Bertz CT molecular complexity index is 658. The number of ketones is 1. The van der Waals surface area contributed by atoms with Gasteiger partial charge in [-0.25, -0.2) is 0 Å². The summed E-state index contributed by atoms with van der Waals surface area (Å²) in [6, 6.07) is 10.6. The standard InChI is InChI=1S/C15H11BrClIO2/c1-2-20-14-6-3-9(7-12(14)16)15(19)11-8-10(17)4-5-13(11)18/h3-8H,2H2,1H3. The first-order valence-corrected chi connectivity index (χ1v) is 8.20. The van der Waals surface area contributed by atoms with Crippen LogP contribution in [-0.2, 0) is 0 Å². The highest BCUT2D eigenvalue weighted by Gasteiger charge is 2.14. The molecule has 0 aliphatic rings. The Morgan fingerprint density at radius 1 is 1.30 bits per heavy atom. The normalized spacial score (nSPS) is 10.4. The van der Waals surface area contributed by atoms with E-state index in [0.717, 1.165) is 13.8 Å². The van der Waals surface area contributed by atoms with E-state index in [1.165, 1.54) is 0 Å². The smallest absolute Gasteiger partial charge is 0.194 e. The van der Waals surface area contributed by atoms with Crippen molar-refractivity contribution in [2.75, 3.05) is 6.61 Å². The fourth-order valence-corrected chi connectivity index (χ4v) is 2.99. The average molecular weight is 466 g/mol. The lowest BCUT2D eigenvalue weighted by Crippen LogP contribution is -2.04. The van der Waals surface area contributed by atoms with E-state index in [9.17, 15) is 4.79 Å². The Kier molecular flexibility index (Phi) is 5.46. The summed E-state index contributed by atoms with van der Waals surface area (Å²) >= 11 is 11.5. The lowest BCUT2D eigenvalue weighted by Gasteiger charge is -2.09. The van der Waals surface area contributed by atoms with Gasteiger partial charge in [-0.1, -0.05) is 11.6 Å². The van der Waals surface area contributed by atoms with E-state index in [-0.39, 0.29) is 5.78 Å². The van der Waals surface area contributed by atoms with E-state index in [1.807, 2.05) is 13.0 Å². The van der Waals surface area contributed by atoms with Crippen LogP contribution in [0.25, 0.3) is 0 Å². The number of rotatable bonds is 4. The summed E-state index contributed by atoms with van der Waals surface area (Å²) in [7, 11) is 0. The predicted molar refractivity (Wildman–Crippen MR) is 92.9 cm³/mol. The zero-order chi connectivity index (χ0) is 14.7. The molecule has 0 bridgehead atoms. The molecule has 0 spiro atoms. The highest BCUT2D eigenvalue weighted by Crippen LogP contribution is 2.28. The van der Waals surface area contributed by atoms with E-state index in [1.54, 1.807) is 30.3 Å². The third-order valence-corrected chi connectivity index (χ3v) is 4.46. The lowest BCUT2D eigenvalue weighted by atomic mass is 10.0. The SMILES string of the molecule is CCOc1ccc(C(=O)c2cc(Cl)ccc2I)cc1Br. The summed E-state index contributed by atoms with van der Waals surface area (Å²) in [6.07, 6.45) is 0. The van der Waals surface area contributed by atoms with Gasteiger partial charge in [-0.2, -0.15) is 0 Å². The molecule has 104 valence electrons. The second kappa shape index (κ2) is 6.91. The Morgan fingerprint density at radius 3 is 2.70 bits per heavy atom. The highest BCUT2D eigenvalue weighted by atomic mass is 127. The fraction of sp³-hybridized carbons (Fsp3) is 0.133. The summed E-state index contributed by atoms with van der Waals surface area (Å²) in [4.78, 5) is 12.5. The zero-order valence-corrected chi connectivity index (χ0v) is 15.1. The molecular weight excluding hydrogens is 454 g/mol. The van der Waals surface area contributed by atoms with E-state index in [0.29, 0.717) is 22.8 Å². The molecule has 2 rings (SSSR count). The minimum Gasteiger partial charge on any atom is -0.493 e. The fourth-order valence-electron chi connectivity index (χ4n) is 1.74. The van der Waals surface area contributed by atoms with Gasteiger partial charge in [-0.15, -0.1) is 0 Å². The van der Waals surface area contributed by atoms with Crippen molar-refractivity contribution < 1.29 is 9.53 Å². The van der Waals surface area contributed by atoms with Crippen molar-refractivity contribution in [2.45, 2.75) is 6.92 Å². The van der Waals surface area contributed by atoms with Crippen molar-refractivity contribution in [1.29, 1.82) is 0 Å². The zero-order valence-electron chi connectivity index (χ0n) is 10.6. The minimum atomic E-state index is -0.0550. The summed E-state index contributed by atoms with van der Waals surface area (Å²) in [5.74, 6) is 0.672. The van der Waals surface area contributed by atoms with Gasteiger partial charge >= 0.3 is 0 Å². The maximum absolute atomic E-state index is 12.5. The van der Waals surface area contributed by atoms with E-state index in [2.05, 4.69) is 38.5 Å². The summed E-state index contributed by atoms with van der Waals surface area (Å²) in [5.41, 5.74) is 1.20. The van der Waals surface area contributed by atoms with Crippen molar-refractivity contribution in [2.24, 2.45) is 0 Å². The molecule has 0 saturated heterocycles. The maximum atomic E-state index is 12.5. The number of ether oxygens (including phenoxy) is 1. The van der Waals surface area contributed by atoms with Crippen LogP contribution in [0.15, 0.2) is 40.9 Å². The van der Waals surface area contributed by atoms with Crippen LogP contribution in [0.5, 0.6) is 5.75 Å². The predicted octanol–water partition coefficient (Wildman–Crippen LogP) is 5.34. The van der Waals surface area contributed by atoms with Gasteiger partial charge in [0.1, 0.15) is 5.75 Å². The van der Waals surface area contributed by atoms with E-state index < -0.39 is 0 Å². The maximum Gasteiger partial charge on any atom is 0.194 e. The molecule has 0 heterocycles. The largest absolute Gasteiger partial charge is 0.493 e. The summed E-state index contributed by atoms with van der Waals surface area (Å²) in [6.45, 7) is 2.50. The van der Waals surface area contributed by atoms with Gasteiger partial charge in [0.15, 0.2) is 5.78 Å². The molecule has 0 N–H and O–H groups in total. The Morgan fingerprint density at radius 2 is 2.05 bits per heavy atom. The molecule has 0 aromatic heterocycles. The van der Waals surface area contributed by atoms with Crippen molar-refractivity contribution in [3.05, 3.63) is 60.6 Å². The van der Waals surface area contributed by atoms with Crippen molar-refractivity contribution in [1.82, 2.24) is 0 Å². The molecule has 0 aliphatic carbocycles. The quantitative estimate of drug-likeness (QED) is 0.450. The van der Waals surface area contributed by atoms with Crippen LogP contribution in [0, 0.1) is 3.57 Å². The first-order chi connectivity index (χ1) is 9.52. The topological polar surface area (TPSA) is 26.3 Å². The van der Waals surface area contributed by atoms with Crippen LogP contribution in [0.1, 0.15) is 22.8 Å². The molecule has 2 nitrogen and oxygen atoms in total. The van der Waals surface area contributed by atoms with Gasteiger partial charge in [-0.05, 0) is 81.8 Å². The lowest BCUT2D eigenvalue weighted by molar-refractivity contribution is 0.103. The first-order valence-electron chi connectivity index (χ1n) is 5.95. The van der Waals surface area contributed by atoms with E-state index in [4.69, 9.17) is 16.3 Å². The monoisotopic (exact) mass is 464 g/mol. The number of benzene rings is 2. The first kappa shape index (κ1) is 15.8. The number of halogens is 3. The van der Waals surface area contributed by atoms with Crippen LogP contribution >= 0.6 is 50.1 Å². The molecule has 0 amide bonds. The van der Waals surface area contributed by atoms with Crippen LogP contribution in [0.4, 0.5) is 0 Å². The molecule has 2 aromatic rings. The third-order valence-electron chi connectivity index (χ3n) is 2.67. The number of hydrogen-bond acceptors (Lipinski definition) is 2. The molecule has 2 aromatic carbocycles. The number of carbonyl (C=O) groups is 1. The van der Waals surface area contributed by atoms with Crippen molar-refractivity contribution in [3.63, 3.8) is 0 Å². The molecule has 0 fully saturated rings. The van der Waals surface area contributed by atoms with Gasteiger partial charge in [0, 0.05) is 19.7 Å². The molecule has 20 heavy (non-hydrogen) atoms. The van der Waals surface area contributed by atoms with Crippen molar-refractivity contribution >= 4 is 55.9 Å². The van der Waals surface area contributed by atoms with Gasteiger partial charge < -0.3 is 4.74 Å². The second-order valence-electron chi connectivity index (χ2n) is 4.03. The molecule has 0 unspecified atom stereocenters. The van der Waals surface area contributed by atoms with Crippen LogP contribution in [0.3, 0.4) is 0 Å². The van der Waals surface area contributed by atoms with E-state index >= 15 is 0 Å². The minimum absolute atomic E-state index is 0.0550. The molecule has 0 radical (unpaired) electrons. The molecule has 5 heteroatoms. The van der Waals surface area contributed by atoms with Gasteiger partial charge in [-0.3, -0.25) is 4.79 Å². The van der Waals surface area contributed by atoms with Gasteiger partial charge in [0.2, 0.25) is 0 Å². The van der Waals surface area contributed by atoms with Crippen LogP contribution in [0.2, 0.25) is 5.02 Å². The van der Waals surface area contributed by atoms with Crippen LogP contribution in [-0.4, -0.2) is 12.4 Å². The summed E-state index contributed by atoms with van der Waals surface area (Å²) < 4.78 is 7.08. The third kappa shape index (κ3) is 3.54. The van der Waals surface area contributed by atoms with Crippen LogP contribution < -0.4 is 4.74 Å². The number of hydrogen-bond donors (Lipinski definition) is 0. The Hall–Kier alpha value is -0.590. The second-order valence-corrected chi connectivity index (χ2v) is 6.48.